The second kappa shape index (κ2) is 5.43. The molecule has 3 rings (SSSR count). The number of benzene rings is 1. The number of thiophene rings is 1. The van der Waals surface area contributed by atoms with Crippen molar-refractivity contribution in [1.29, 1.82) is 0 Å². The Morgan fingerprint density at radius 2 is 2.00 bits per heavy atom. The number of carbonyl (C=O) groups excluding carboxylic acids is 1. The molecule has 1 N–H and O–H groups in total. The predicted octanol–water partition coefficient (Wildman–Crippen LogP) is 4.03. The van der Waals surface area contributed by atoms with Crippen LogP contribution in [0.5, 0.6) is 0 Å². The van der Waals surface area contributed by atoms with Crippen molar-refractivity contribution >= 4 is 27.2 Å². The molecule has 19 heavy (non-hydrogen) atoms. The van der Waals surface area contributed by atoms with Gasteiger partial charge in [-0.15, -0.1) is 11.3 Å². The molecule has 1 heterocycles. The molecule has 100 valence electrons. The molecular weight excluding hydrogens is 256 g/mol. The van der Waals surface area contributed by atoms with E-state index >= 15 is 0 Å². The standard InChI is InChI=1S/C16H18O2S/c17-14(11-5-2-1-3-6-11)15(18)13-8-4-7-12-9-10-19-16(12)13/h4,7-11,14,17H,1-3,5-6H2. The van der Waals surface area contributed by atoms with E-state index in [2.05, 4.69) is 0 Å². The zero-order valence-corrected chi connectivity index (χ0v) is 11.7. The van der Waals surface area contributed by atoms with E-state index in [-0.39, 0.29) is 11.7 Å². The van der Waals surface area contributed by atoms with Gasteiger partial charge in [0.15, 0.2) is 5.78 Å². The van der Waals surface area contributed by atoms with Gasteiger partial charge in [0.2, 0.25) is 0 Å². The Kier molecular flexibility index (Phi) is 3.67. The number of aliphatic hydroxyl groups excluding tert-OH is 1. The molecule has 0 spiro atoms. The van der Waals surface area contributed by atoms with Crippen LogP contribution in [0, 0.1) is 5.92 Å². The first-order chi connectivity index (χ1) is 9.27. The molecule has 0 bridgehead atoms. The third-order valence-electron chi connectivity index (χ3n) is 4.11. The van der Waals surface area contributed by atoms with Crippen molar-refractivity contribution in [2.75, 3.05) is 0 Å². The third-order valence-corrected chi connectivity index (χ3v) is 5.07. The smallest absolute Gasteiger partial charge is 0.192 e. The van der Waals surface area contributed by atoms with Crippen LogP contribution < -0.4 is 0 Å². The van der Waals surface area contributed by atoms with Crippen molar-refractivity contribution in [2.45, 2.75) is 38.2 Å². The lowest BCUT2D eigenvalue weighted by Crippen LogP contribution is -2.31. The zero-order chi connectivity index (χ0) is 13.2. The van der Waals surface area contributed by atoms with Gasteiger partial charge in [-0.2, -0.15) is 0 Å². The Labute approximate surface area is 117 Å². The number of carbonyl (C=O) groups is 1. The normalized spacial score (nSPS) is 18.6. The summed E-state index contributed by atoms with van der Waals surface area (Å²) in [5.74, 6) is 0.0522. The summed E-state index contributed by atoms with van der Waals surface area (Å²) in [5.41, 5.74) is 0.686. The van der Waals surface area contributed by atoms with Gasteiger partial charge in [-0.3, -0.25) is 4.79 Å². The Morgan fingerprint density at radius 1 is 1.21 bits per heavy atom. The zero-order valence-electron chi connectivity index (χ0n) is 10.8. The van der Waals surface area contributed by atoms with Crippen LogP contribution in [-0.4, -0.2) is 17.0 Å². The molecule has 1 aliphatic carbocycles. The Morgan fingerprint density at radius 3 is 2.79 bits per heavy atom. The topological polar surface area (TPSA) is 37.3 Å². The summed E-state index contributed by atoms with van der Waals surface area (Å²) >= 11 is 1.57. The molecule has 3 heteroatoms. The molecule has 2 nitrogen and oxygen atoms in total. The highest BCUT2D eigenvalue weighted by molar-refractivity contribution is 7.17. The molecule has 0 amide bonds. The molecule has 1 fully saturated rings. The maximum atomic E-state index is 12.5. The highest BCUT2D eigenvalue weighted by Crippen LogP contribution is 2.31. The first-order valence-corrected chi connectivity index (χ1v) is 7.84. The lowest BCUT2D eigenvalue weighted by Gasteiger charge is -2.25. The van der Waals surface area contributed by atoms with Crippen molar-refractivity contribution in [3.63, 3.8) is 0 Å². The highest BCUT2D eigenvalue weighted by Gasteiger charge is 2.29. The largest absolute Gasteiger partial charge is 0.385 e. The lowest BCUT2D eigenvalue weighted by molar-refractivity contribution is 0.0536. The van der Waals surface area contributed by atoms with E-state index in [9.17, 15) is 9.90 Å². The number of hydrogen-bond donors (Lipinski definition) is 1. The van der Waals surface area contributed by atoms with E-state index in [0.717, 1.165) is 35.8 Å². The second-order valence-corrected chi connectivity index (χ2v) is 6.27. The van der Waals surface area contributed by atoms with Gasteiger partial charge in [0.1, 0.15) is 6.10 Å². The maximum Gasteiger partial charge on any atom is 0.192 e. The minimum Gasteiger partial charge on any atom is -0.385 e. The van der Waals surface area contributed by atoms with Crippen molar-refractivity contribution in [1.82, 2.24) is 0 Å². The minimum atomic E-state index is -0.826. The van der Waals surface area contributed by atoms with Crippen LogP contribution >= 0.6 is 11.3 Å². The number of ketones is 1. The number of aliphatic hydroxyl groups is 1. The van der Waals surface area contributed by atoms with Crippen LogP contribution in [0.1, 0.15) is 42.5 Å². The fourth-order valence-electron chi connectivity index (χ4n) is 3.01. The summed E-state index contributed by atoms with van der Waals surface area (Å²) in [7, 11) is 0. The predicted molar refractivity (Wildman–Crippen MR) is 78.7 cm³/mol. The van der Waals surface area contributed by atoms with E-state index in [1.54, 1.807) is 11.3 Å². The molecular formula is C16H18O2S. The molecule has 1 aromatic heterocycles. The number of fused-ring (bicyclic) bond motifs is 1. The summed E-state index contributed by atoms with van der Waals surface area (Å²) in [6, 6.07) is 7.77. The van der Waals surface area contributed by atoms with Gasteiger partial charge in [-0.1, -0.05) is 31.4 Å². The summed E-state index contributed by atoms with van der Waals surface area (Å²) in [5, 5.41) is 13.4. The van der Waals surface area contributed by atoms with E-state index in [1.165, 1.54) is 6.42 Å². The van der Waals surface area contributed by atoms with E-state index in [4.69, 9.17) is 0 Å². The van der Waals surface area contributed by atoms with Crippen LogP contribution in [0.25, 0.3) is 10.1 Å². The molecule has 0 saturated heterocycles. The highest BCUT2D eigenvalue weighted by atomic mass is 32.1. The summed E-state index contributed by atoms with van der Waals surface area (Å²) in [6.07, 6.45) is 4.64. The van der Waals surface area contributed by atoms with E-state index in [1.807, 2.05) is 29.6 Å². The van der Waals surface area contributed by atoms with Crippen LogP contribution in [-0.2, 0) is 0 Å². The fourth-order valence-corrected chi connectivity index (χ4v) is 3.93. The molecule has 0 aliphatic heterocycles. The fraction of sp³-hybridized carbons (Fsp3) is 0.438. The van der Waals surface area contributed by atoms with Gasteiger partial charge in [-0.05, 0) is 41.7 Å². The minimum absolute atomic E-state index is 0.0973. The number of rotatable bonds is 3. The first kappa shape index (κ1) is 12.8. The van der Waals surface area contributed by atoms with Crippen LogP contribution in [0.4, 0.5) is 0 Å². The van der Waals surface area contributed by atoms with E-state index in [0.29, 0.717) is 5.56 Å². The monoisotopic (exact) mass is 274 g/mol. The molecule has 1 aromatic carbocycles. The average Bonchev–Trinajstić information content (AvgIpc) is 2.95. The average molecular weight is 274 g/mol. The van der Waals surface area contributed by atoms with Crippen molar-refractivity contribution < 1.29 is 9.90 Å². The first-order valence-electron chi connectivity index (χ1n) is 6.96. The third kappa shape index (κ3) is 2.45. The van der Waals surface area contributed by atoms with Gasteiger partial charge in [0.25, 0.3) is 0 Å². The molecule has 2 aromatic rings. The number of Topliss-reactive ketones (excluding diaryl/α,β-unsaturated/α-hetero) is 1. The van der Waals surface area contributed by atoms with Crippen LogP contribution in [0.15, 0.2) is 29.6 Å². The lowest BCUT2D eigenvalue weighted by atomic mass is 9.82. The number of hydrogen-bond acceptors (Lipinski definition) is 3. The molecule has 1 saturated carbocycles. The van der Waals surface area contributed by atoms with Crippen LogP contribution in [0.3, 0.4) is 0 Å². The molecule has 1 atom stereocenters. The quantitative estimate of drug-likeness (QED) is 0.858. The van der Waals surface area contributed by atoms with Gasteiger partial charge in [0.05, 0.1) is 0 Å². The summed E-state index contributed by atoms with van der Waals surface area (Å²) in [6.45, 7) is 0. The van der Waals surface area contributed by atoms with Gasteiger partial charge >= 0.3 is 0 Å². The van der Waals surface area contributed by atoms with Gasteiger partial charge in [0, 0.05) is 10.3 Å². The van der Waals surface area contributed by atoms with Crippen molar-refractivity contribution in [3.05, 3.63) is 35.2 Å². The van der Waals surface area contributed by atoms with Crippen molar-refractivity contribution in [2.24, 2.45) is 5.92 Å². The molecule has 0 radical (unpaired) electrons. The Balaban J connectivity index is 1.88. The van der Waals surface area contributed by atoms with Crippen LogP contribution in [0.2, 0.25) is 0 Å². The Bertz CT molecular complexity index is 581. The Hall–Kier alpha value is -1.19. The van der Waals surface area contributed by atoms with Gasteiger partial charge in [-0.25, -0.2) is 0 Å². The maximum absolute atomic E-state index is 12.5. The SMILES string of the molecule is O=C(c1cccc2ccsc12)C(O)C1CCCCC1. The van der Waals surface area contributed by atoms with Gasteiger partial charge < -0.3 is 5.11 Å². The van der Waals surface area contributed by atoms with E-state index < -0.39 is 6.10 Å². The summed E-state index contributed by atoms with van der Waals surface area (Å²) < 4.78 is 1.00. The molecule has 1 unspecified atom stereocenters. The second-order valence-electron chi connectivity index (χ2n) is 5.35. The van der Waals surface area contributed by atoms with Crippen molar-refractivity contribution in [3.8, 4) is 0 Å². The summed E-state index contributed by atoms with van der Waals surface area (Å²) in [4.78, 5) is 12.5. The molecule has 1 aliphatic rings.